The summed E-state index contributed by atoms with van der Waals surface area (Å²) in [5, 5.41) is 14.2. The van der Waals surface area contributed by atoms with Crippen LogP contribution in [-0.2, 0) is 16.6 Å². The molecule has 1 aliphatic heterocycles. The van der Waals surface area contributed by atoms with Gasteiger partial charge in [-0.2, -0.15) is 13.2 Å². The van der Waals surface area contributed by atoms with Crippen LogP contribution in [-0.4, -0.2) is 48.5 Å². The second-order valence-electron chi connectivity index (χ2n) is 9.95. The summed E-state index contributed by atoms with van der Waals surface area (Å²) < 4.78 is 40.8. The minimum atomic E-state index is -4.56. The van der Waals surface area contributed by atoms with Crippen molar-refractivity contribution in [1.29, 1.82) is 0 Å². The van der Waals surface area contributed by atoms with Crippen molar-refractivity contribution in [2.45, 2.75) is 57.2 Å². The number of hydrogen-bond acceptors (Lipinski definition) is 6. The number of halogens is 3. The highest BCUT2D eigenvalue weighted by Crippen LogP contribution is 2.40. The van der Waals surface area contributed by atoms with Gasteiger partial charge in [0.05, 0.1) is 12.0 Å². The van der Waals surface area contributed by atoms with Gasteiger partial charge in [0.15, 0.2) is 0 Å². The molecule has 2 N–H and O–H groups in total. The van der Waals surface area contributed by atoms with Crippen molar-refractivity contribution >= 4 is 17.5 Å². The van der Waals surface area contributed by atoms with Crippen LogP contribution in [0.5, 0.6) is 0 Å². The van der Waals surface area contributed by atoms with E-state index in [1.807, 2.05) is 17.9 Å². The van der Waals surface area contributed by atoms with Crippen LogP contribution < -0.4 is 5.32 Å². The lowest BCUT2D eigenvalue weighted by atomic mass is 9.77. The summed E-state index contributed by atoms with van der Waals surface area (Å²) in [5.41, 5.74) is 0.504. The Labute approximate surface area is 212 Å². The Morgan fingerprint density at radius 1 is 1.14 bits per heavy atom. The molecule has 0 unspecified atom stereocenters. The first-order valence-corrected chi connectivity index (χ1v) is 12.5. The molecule has 1 amide bonds. The number of nitrogens with zero attached hydrogens (tertiary/aromatic N) is 5. The average molecular weight is 515 g/mol. The number of carbonyl (C=O) groups is 1. The van der Waals surface area contributed by atoms with Crippen molar-refractivity contribution in [3.8, 4) is 5.69 Å². The average Bonchev–Trinajstić information content (AvgIpc) is 3.57. The summed E-state index contributed by atoms with van der Waals surface area (Å²) in [6.45, 7) is 3.53. The molecule has 3 aromatic rings. The first-order chi connectivity index (χ1) is 17.6. The number of hydrogen-bond donors (Lipinski definition) is 2. The zero-order chi connectivity index (χ0) is 26.2. The van der Waals surface area contributed by atoms with Crippen molar-refractivity contribution in [2.75, 3.05) is 18.4 Å². The van der Waals surface area contributed by atoms with Gasteiger partial charge in [-0.1, -0.05) is 0 Å². The van der Waals surface area contributed by atoms with E-state index in [1.165, 1.54) is 0 Å². The fourth-order valence-corrected chi connectivity index (χ4v) is 5.19. The van der Waals surface area contributed by atoms with E-state index in [2.05, 4.69) is 20.3 Å². The molecule has 11 heteroatoms. The van der Waals surface area contributed by atoms with E-state index in [-0.39, 0.29) is 17.8 Å². The smallest absolute Gasteiger partial charge is 0.383 e. The van der Waals surface area contributed by atoms with Gasteiger partial charge < -0.3 is 19.9 Å². The van der Waals surface area contributed by atoms with Gasteiger partial charge in [0.2, 0.25) is 11.9 Å². The number of aliphatic hydroxyl groups is 1. The summed E-state index contributed by atoms with van der Waals surface area (Å²) in [7, 11) is 0. The van der Waals surface area contributed by atoms with E-state index in [9.17, 15) is 23.1 Å². The van der Waals surface area contributed by atoms with Gasteiger partial charge in [-0.3, -0.25) is 4.79 Å². The van der Waals surface area contributed by atoms with E-state index >= 15 is 0 Å². The summed E-state index contributed by atoms with van der Waals surface area (Å²) in [5.74, 6) is -0.00852. The van der Waals surface area contributed by atoms with Crippen molar-refractivity contribution in [3.63, 3.8) is 0 Å². The molecule has 8 nitrogen and oxygen atoms in total. The molecule has 1 saturated heterocycles. The third-order valence-corrected chi connectivity index (χ3v) is 7.20. The maximum absolute atomic E-state index is 13.0. The molecule has 196 valence electrons. The number of anilines is 2. The zero-order valence-electron chi connectivity index (χ0n) is 20.5. The Bertz CT molecular complexity index is 1280. The quantitative estimate of drug-likeness (QED) is 0.511. The van der Waals surface area contributed by atoms with E-state index in [1.54, 1.807) is 29.2 Å². The maximum atomic E-state index is 13.0. The highest BCUT2D eigenvalue weighted by Gasteiger charge is 2.40. The minimum Gasteiger partial charge on any atom is -0.383 e. The molecule has 2 fully saturated rings. The Morgan fingerprint density at radius 2 is 1.86 bits per heavy atom. The number of likely N-dealkylation sites (tertiary alicyclic amines) is 1. The largest absolute Gasteiger partial charge is 0.433 e. The van der Waals surface area contributed by atoms with Gasteiger partial charge in [-0.15, -0.1) is 0 Å². The summed E-state index contributed by atoms with van der Waals surface area (Å²) >= 11 is 0. The predicted octanol–water partition coefficient (Wildman–Crippen LogP) is 4.73. The van der Waals surface area contributed by atoms with Crippen molar-refractivity contribution in [3.05, 3.63) is 59.9 Å². The Kier molecular flexibility index (Phi) is 6.65. The topological polar surface area (TPSA) is 96.2 Å². The van der Waals surface area contributed by atoms with Crippen LogP contribution in [0.3, 0.4) is 0 Å². The number of nitrogens with one attached hydrogen (secondary N) is 1. The lowest BCUT2D eigenvalue weighted by molar-refractivity contribution is -0.141. The van der Waals surface area contributed by atoms with Crippen LogP contribution in [0.15, 0.2) is 43.0 Å². The van der Waals surface area contributed by atoms with Gasteiger partial charge in [-0.05, 0) is 75.3 Å². The highest BCUT2D eigenvalue weighted by molar-refractivity contribution is 5.79. The molecular weight excluding hydrogens is 485 g/mol. The number of aromatic nitrogens is 4. The number of carbonyl (C=O) groups excluding carboxylic acids is 1. The Hall–Kier alpha value is -3.47. The molecule has 0 atom stereocenters. The highest BCUT2D eigenvalue weighted by atomic mass is 19.4. The van der Waals surface area contributed by atoms with Crippen LogP contribution in [0.4, 0.5) is 24.8 Å². The minimum absolute atomic E-state index is 0.0519. The SMILES string of the molecule is Cc1cc(Nc2nccc(C(F)(F)F)n2)cc(-n2cnc(C3(O)CCC(C(=O)N4CCCC4)CC3)c2)c1. The lowest BCUT2D eigenvalue weighted by Gasteiger charge is -2.35. The molecule has 0 spiro atoms. The molecule has 5 rings (SSSR count). The van der Waals surface area contributed by atoms with Gasteiger partial charge in [0.25, 0.3) is 0 Å². The summed E-state index contributed by atoms with van der Waals surface area (Å²) in [4.78, 5) is 26.6. The van der Waals surface area contributed by atoms with Gasteiger partial charge >= 0.3 is 6.18 Å². The lowest BCUT2D eigenvalue weighted by Crippen LogP contribution is -2.39. The summed E-state index contributed by atoms with van der Waals surface area (Å²) in [6, 6.07) is 6.24. The molecule has 2 aliphatic rings. The number of aryl methyl sites for hydroxylation is 1. The van der Waals surface area contributed by atoms with Crippen LogP contribution >= 0.6 is 0 Å². The number of benzene rings is 1. The van der Waals surface area contributed by atoms with Crippen LogP contribution in [0.2, 0.25) is 0 Å². The van der Waals surface area contributed by atoms with Crippen LogP contribution in [0.25, 0.3) is 5.69 Å². The molecule has 1 aromatic carbocycles. The van der Waals surface area contributed by atoms with Crippen LogP contribution in [0, 0.1) is 12.8 Å². The van der Waals surface area contributed by atoms with Gasteiger partial charge in [0.1, 0.15) is 11.3 Å². The first-order valence-electron chi connectivity index (χ1n) is 12.5. The third kappa shape index (κ3) is 5.46. The maximum Gasteiger partial charge on any atom is 0.433 e. The number of alkyl halides is 3. The second-order valence-corrected chi connectivity index (χ2v) is 9.95. The van der Waals surface area contributed by atoms with E-state index in [0.29, 0.717) is 37.1 Å². The van der Waals surface area contributed by atoms with E-state index < -0.39 is 17.5 Å². The standard InChI is InChI=1S/C26H29F3N6O2/c1-17-12-19(32-24-30-9-6-21(33-24)26(27,28)29)14-20(13-17)35-15-22(31-16-35)25(37)7-4-18(5-8-25)23(36)34-10-2-3-11-34/h6,9,12-16,18,37H,2-5,7-8,10-11H2,1H3,(H,30,32,33). The van der Waals surface area contributed by atoms with Crippen molar-refractivity contribution in [1.82, 2.24) is 24.4 Å². The molecule has 0 bridgehead atoms. The molecular formula is C26H29F3N6O2. The van der Waals surface area contributed by atoms with Crippen molar-refractivity contribution in [2.24, 2.45) is 5.92 Å². The monoisotopic (exact) mass is 514 g/mol. The van der Waals surface area contributed by atoms with Crippen molar-refractivity contribution < 1.29 is 23.1 Å². The molecule has 3 heterocycles. The number of imidazole rings is 1. The molecule has 1 aliphatic carbocycles. The fraction of sp³-hybridized carbons (Fsp3) is 0.462. The third-order valence-electron chi connectivity index (χ3n) is 7.20. The predicted molar refractivity (Wildman–Crippen MR) is 130 cm³/mol. The van der Waals surface area contributed by atoms with Gasteiger partial charge in [-0.25, -0.2) is 15.0 Å². The fourth-order valence-electron chi connectivity index (χ4n) is 5.19. The molecule has 2 aromatic heterocycles. The number of rotatable bonds is 5. The van der Waals surface area contributed by atoms with E-state index in [0.717, 1.165) is 49.4 Å². The second kappa shape index (κ2) is 9.77. The molecule has 0 radical (unpaired) electrons. The van der Waals surface area contributed by atoms with Crippen LogP contribution in [0.1, 0.15) is 55.5 Å². The zero-order valence-corrected chi connectivity index (χ0v) is 20.5. The molecule has 1 saturated carbocycles. The Balaban J connectivity index is 1.30. The first kappa shape index (κ1) is 25.2. The number of amides is 1. The van der Waals surface area contributed by atoms with Gasteiger partial charge in [0, 0.05) is 42.8 Å². The summed E-state index contributed by atoms with van der Waals surface area (Å²) in [6.07, 6.45) is 4.14. The molecule has 37 heavy (non-hydrogen) atoms. The van der Waals surface area contributed by atoms with E-state index in [4.69, 9.17) is 0 Å². The Morgan fingerprint density at radius 3 is 2.57 bits per heavy atom. The normalized spacial score (nSPS) is 22.3.